The van der Waals surface area contributed by atoms with Crippen LogP contribution in [-0.4, -0.2) is 30.3 Å². The molecule has 2 rings (SSSR count). The first-order valence-electron chi connectivity index (χ1n) is 7.26. The van der Waals surface area contributed by atoms with E-state index in [1.165, 1.54) is 24.4 Å². The Labute approximate surface area is 162 Å². The lowest BCUT2D eigenvalue weighted by molar-refractivity contribution is -0.134. The second-order valence-electron chi connectivity index (χ2n) is 5.52. The Hall–Kier alpha value is -1.75. The van der Waals surface area contributed by atoms with E-state index < -0.39 is 44.2 Å². The minimum Gasteiger partial charge on any atom is -0.294 e. The molecule has 0 aliphatic heterocycles. The molecule has 0 bridgehead atoms. The van der Waals surface area contributed by atoms with Gasteiger partial charge in [0.1, 0.15) is 5.25 Å². The molecule has 0 saturated carbocycles. The number of benzene rings is 1. The van der Waals surface area contributed by atoms with Crippen LogP contribution in [0.5, 0.6) is 0 Å². The monoisotopic (exact) mass is 441 g/mol. The van der Waals surface area contributed by atoms with Crippen molar-refractivity contribution in [3.8, 4) is 0 Å². The second kappa shape index (κ2) is 8.09. The molecule has 0 fully saturated rings. The van der Waals surface area contributed by atoms with Gasteiger partial charge >= 0.3 is 6.18 Å². The summed E-state index contributed by atoms with van der Waals surface area (Å²) in [5.74, 6) is -0.586. The maximum Gasteiger partial charge on any atom is 0.390 e. The first-order chi connectivity index (χ1) is 12.4. The zero-order valence-corrected chi connectivity index (χ0v) is 15.7. The van der Waals surface area contributed by atoms with Crippen LogP contribution in [0.15, 0.2) is 30.5 Å². The van der Waals surface area contributed by atoms with Gasteiger partial charge in [0, 0.05) is 11.8 Å². The third-order valence-electron chi connectivity index (χ3n) is 3.51. The molecule has 0 aliphatic rings. The summed E-state index contributed by atoms with van der Waals surface area (Å²) < 4.78 is 61.7. The number of rotatable bonds is 6. The Balaban J connectivity index is 2.42. The largest absolute Gasteiger partial charge is 0.390 e. The van der Waals surface area contributed by atoms with Crippen molar-refractivity contribution in [1.82, 2.24) is 9.97 Å². The number of aromatic nitrogens is 2. The smallest absolute Gasteiger partial charge is 0.294 e. The quantitative estimate of drug-likeness (QED) is 0.545. The summed E-state index contributed by atoms with van der Waals surface area (Å²) in [6.07, 6.45) is -5.47. The minimum absolute atomic E-state index is 0.0837. The van der Waals surface area contributed by atoms with Crippen molar-refractivity contribution in [2.24, 2.45) is 5.14 Å². The minimum atomic E-state index is -4.81. The molecule has 1 atom stereocenters. The van der Waals surface area contributed by atoms with Crippen LogP contribution in [0.2, 0.25) is 10.3 Å². The predicted molar refractivity (Wildman–Crippen MR) is 93.0 cm³/mol. The van der Waals surface area contributed by atoms with E-state index in [4.69, 9.17) is 28.3 Å². The number of primary sulfonamides is 1. The summed E-state index contributed by atoms with van der Waals surface area (Å²) in [4.78, 5) is 20.0. The van der Waals surface area contributed by atoms with Gasteiger partial charge in [0.2, 0.25) is 15.3 Å². The van der Waals surface area contributed by atoms with Gasteiger partial charge in [0.15, 0.2) is 5.78 Å². The van der Waals surface area contributed by atoms with Gasteiger partial charge in [-0.3, -0.25) is 4.79 Å². The topological polar surface area (TPSA) is 103 Å². The van der Waals surface area contributed by atoms with Crippen molar-refractivity contribution in [3.63, 3.8) is 0 Å². The highest BCUT2D eigenvalue weighted by Gasteiger charge is 2.39. The van der Waals surface area contributed by atoms with Crippen molar-refractivity contribution >= 4 is 39.0 Å². The van der Waals surface area contributed by atoms with E-state index in [0.29, 0.717) is 0 Å². The predicted octanol–water partition coefficient (Wildman–Crippen LogP) is 3.49. The fraction of sp³-hybridized carbons (Fsp3) is 0.267. The fourth-order valence-electron chi connectivity index (χ4n) is 2.35. The van der Waals surface area contributed by atoms with Crippen LogP contribution >= 0.6 is 23.2 Å². The number of nitrogens with zero attached hydrogens (tertiary/aromatic N) is 2. The molecule has 0 aliphatic carbocycles. The highest BCUT2D eigenvalue weighted by Crippen LogP contribution is 2.38. The number of carbonyl (C=O) groups excluding carboxylic acids is 1. The van der Waals surface area contributed by atoms with E-state index in [0.717, 1.165) is 6.07 Å². The fourth-order valence-corrected chi connectivity index (χ4v) is 3.92. The van der Waals surface area contributed by atoms with E-state index in [-0.39, 0.29) is 23.0 Å². The Kier molecular flexibility index (Phi) is 6.46. The first-order valence-corrected chi connectivity index (χ1v) is 9.62. The molecular weight excluding hydrogens is 430 g/mol. The van der Waals surface area contributed by atoms with Gasteiger partial charge in [-0.1, -0.05) is 23.7 Å². The number of alkyl halides is 3. The maximum atomic E-state index is 12.8. The van der Waals surface area contributed by atoms with Crippen LogP contribution in [0.4, 0.5) is 13.2 Å². The molecular formula is C15H12Cl2F3N3O3S. The highest BCUT2D eigenvalue weighted by molar-refractivity contribution is 7.89. The van der Waals surface area contributed by atoms with E-state index in [1.54, 1.807) is 0 Å². The van der Waals surface area contributed by atoms with Gasteiger partial charge in [-0.2, -0.15) is 13.2 Å². The molecule has 146 valence electrons. The van der Waals surface area contributed by atoms with Gasteiger partial charge in [0.05, 0.1) is 23.6 Å². The Morgan fingerprint density at radius 2 is 1.89 bits per heavy atom. The summed E-state index contributed by atoms with van der Waals surface area (Å²) in [7, 11) is -4.63. The standard InChI is InChI=1S/C15H12Cl2F3N3O3S/c16-13-9(11(24)6-8-4-5-22-14(17)23-8)2-1-3-10(13)12(27(21,25)26)7-15(18,19)20/h1-5,12H,6-7H2,(H2,21,25,26). The SMILES string of the molecule is NS(=O)(=O)C(CC(F)(F)F)c1cccc(C(=O)Cc2ccnc(Cl)n2)c1Cl. The van der Waals surface area contributed by atoms with Crippen LogP contribution in [0.3, 0.4) is 0 Å². The van der Waals surface area contributed by atoms with Crippen molar-refractivity contribution < 1.29 is 26.4 Å². The molecule has 1 aromatic heterocycles. The summed E-state index contributed by atoms with van der Waals surface area (Å²) in [5, 5.41) is 2.32. The third kappa shape index (κ3) is 5.86. The third-order valence-corrected chi connectivity index (χ3v) is 5.33. The summed E-state index contributed by atoms with van der Waals surface area (Å²) >= 11 is 11.7. The van der Waals surface area contributed by atoms with Crippen LogP contribution in [0, 0.1) is 0 Å². The summed E-state index contributed by atoms with van der Waals surface area (Å²) in [6.45, 7) is 0. The van der Waals surface area contributed by atoms with E-state index in [2.05, 4.69) is 9.97 Å². The van der Waals surface area contributed by atoms with E-state index >= 15 is 0 Å². The average molecular weight is 442 g/mol. The number of nitrogens with two attached hydrogens (primary N) is 1. The Bertz CT molecular complexity index is 968. The molecule has 27 heavy (non-hydrogen) atoms. The lowest BCUT2D eigenvalue weighted by Crippen LogP contribution is -2.27. The molecule has 1 aromatic carbocycles. The van der Waals surface area contributed by atoms with E-state index in [9.17, 15) is 26.4 Å². The normalized spacial score (nSPS) is 13.4. The van der Waals surface area contributed by atoms with Crippen molar-refractivity contribution in [2.45, 2.75) is 24.3 Å². The number of hydrogen-bond donors (Lipinski definition) is 1. The second-order valence-corrected chi connectivity index (χ2v) is 7.99. The molecule has 6 nitrogen and oxygen atoms in total. The van der Waals surface area contributed by atoms with Crippen LogP contribution in [-0.2, 0) is 16.4 Å². The van der Waals surface area contributed by atoms with Crippen molar-refractivity contribution in [3.05, 3.63) is 57.6 Å². The van der Waals surface area contributed by atoms with Crippen LogP contribution in [0.1, 0.15) is 33.3 Å². The van der Waals surface area contributed by atoms with Crippen molar-refractivity contribution in [2.75, 3.05) is 0 Å². The van der Waals surface area contributed by atoms with Gasteiger partial charge in [-0.15, -0.1) is 0 Å². The molecule has 0 amide bonds. The van der Waals surface area contributed by atoms with Crippen LogP contribution < -0.4 is 5.14 Å². The number of halogens is 5. The molecule has 0 spiro atoms. The summed E-state index contributed by atoms with van der Waals surface area (Å²) in [6, 6.07) is 5.01. The number of Topliss-reactive ketones (excluding diaryl/α,β-unsaturated/α-hetero) is 1. The average Bonchev–Trinajstić information content (AvgIpc) is 2.51. The van der Waals surface area contributed by atoms with Gasteiger partial charge in [-0.05, 0) is 29.3 Å². The van der Waals surface area contributed by atoms with Gasteiger partial charge in [0.25, 0.3) is 0 Å². The molecule has 2 aromatic rings. The highest BCUT2D eigenvalue weighted by atomic mass is 35.5. The lowest BCUT2D eigenvalue weighted by Gasteiger charge is -2.19. The summed E-state index contributed by atoms with van der Waals surface area (Å²) in [5.41, 5.74) is -0.289. The van der Waals surface area contributed by atoms with Gasteiger partial charge in [-0.25, -0.2) is 23.5 Å². The molecule has 0 radical (unpaired) electrons. The molecule has 12 heteroatoms. The van der Waals surface area contributed by atoms with Gasteiger partial charge < -0.3 is 0 Å². The Morgan fingerprint density at radius 3 is 2.44 bits per heavy atom. The molecule has 0 saturated heterocycles. The molecule has 2 N–H and O–H groups in total. The zero-order chi connectivity index (χ0) is 20.4. The number of hydrogen-bond acceptors (Lipinski definition) is 5. The molecule has 1 heterocycles. The first kappa shape index (κ1) is 21.5. The molecule has 1 unspecified atom stereocenters. The number of ketones is 1. The van der Waals surface area contributed by atoms with Crippen molar-refractivity contribution in [1.29, 1.82) is 0 Å². The Morgan fingerprint density at radius 1 is 1.22 bits per heavy atom. The lowest BCUT2D eigenvalue weighted by atomic mass is 10.0. The van der Waals surface area contributed by atoms with Crippen LogP contribution in [0.25, 0.3) is 0 Å². The maximum absolute atomic E-state index is 12.8. The number of sulfonamides is 1. The zero-order valence-electron chi connectivity index (χ0n) is 13.4. The van der Waals surface area contributed by atoms with E-state index in [1.807, 2.05) is 0 Å². The number of carbonyl (C=O) groups is 1.